The minimum absolute atomic E-state index is 0. The van der Waals surface area contributed by atoms with Crippen molar-refractivity contribution in [2.45, 2.75) is 4.90 Å². The van der Waals surface area contributed by atoms with Gasteiger partial charge in [0.1, 0.15) is 0 Å². The standard InChI is InChI=1S/C12H18N2O2S.ClH/c1-16-8-7-13-9-12(15)14-10-5-3-4-6-11(10)17-2;/h3-6,13H,7-9H2,1-2H3,(H,14,15);1H. The van der Waals surface area contributed by atoms with E-state index >= 15 is 0 Å². The minimum atomic E-state index is -0.0393. The smallest absolute Gasteiger partial charge is 0.238 e. The number of ether oxygens (including phenoxy) is 1. The number of amides is 1. The molecule has 1 rings (SSSR count). The summed E-state index contributed by atoms with van der Waals surface area (Å²) >= 11 is 1.61. The van der Waals surface area contributed by atoms with E-state index < -0.39 is 0 Å². The van der Waals surface area contributed by atoms with Crippen molar-refractivity contribution in [1.82, 2.24) is 5.32 Å². The number of para-hydroxylation sites is 1. The van der Waals surface area contributed by atoms with E-state index in [-0.39, 0.29) is 18.3 Å². The number of halogens is 1. The molecule has 0 aliphatic rings. The number of benzene rings is 1. The lowest BCUT2D eigenvalue weighted by Gasteiger charge is -2.09. The van der Waals surface area contributed by atoms with Crippen molar-refractivity contribution in [3.8, 4) is 0 Å². The van der Waals surface area contributed by atoms with E-state index in [9.17, 15) is 4.79 Å². The van der Waals surface area contributed by atoms with Gasteiger partial charge in [0.25, 0.3) is 0 Å². The topological polar surface area (TPSA) is 50.4 Å². The summed E-state index contributed by atoms with van der Waals surface area (Å²) in [4.78, 5) is 12.7. The van der Waals surface area contributed by atoms with Crippen molar-refractivity contribution in [3.63, 3.8) is 0 Å². The van der Waals surface area contributed by atoms with E-state index in [2.05, 4.69) is 10.6 Å². The van der Waals surface area contributed by atoms with Crippen LogP contribution in [-0.2, 0) is 9.53 Å². The summed E-state index contributed by atoms with van der Waals surface area (Å²) in [5, 5.41) is 5.88. The molecule has 0 bridgehead atoms. The third-order valence-corrected chi connectivity index (χ3v) is 2.95. The fourth-order valence-electron chi connectivity index (χ4n) is 1.32. The van der Waals surface area contributed by atoms with Crippen LogP contribution in [0.2, 0.25) is 0 Å². The number of methoxy groups -OCH3 is 1. The number of hydrogen-bond acceptors (Lipinski definition) is 4. The van der Waals surface area contributed by atoms with Gasteiger partial charge in [-0.15, -0.1) is 24.2 Å². The second-order valence-electron chi connectivity index (χ2n) is 3.42. The van der Waals surface area contributed by atoms with Crippen LogP contribution in [0.25, 0.3) is 0 Å². The Morgan fingerprint density at radius 3 is 2.78 bits per heavy atom. The van der Waals surface area contributed by atoms with Crippen LogP contribution in [0, 0.1) is 0 Å². The molecule has 2 N–H and O–H groups in total. The summed E-state index contributed by atoms with van der Waals surface area (Å²) in [6, 6.07) is 7.75. The molecule has 102 valence electrons. The number of hydrogen-bond donors (Lipinski definition) is 2. The second-order valence-corrected chi connectivity index (χ2v) is 4.27. The maximum absolute atomic E-state index is 11.6. The van der Waals surface area contributed by atoms with Crippen molar-refractivity contribution in [2.75, 3.05) is 38.4 Å². The predicted molar refractivity (Wildman–Crippen MR) is 78.8 cm³/mol. The zero-order chi connectivity index (χ0) is 12.5. The molecule has 0 radical (unpaired) electrons. The van der Waals surface area contributed by atoms with E-state index in [4.69, 9.17) is 4.74 Å². The van der Waals surface area contributed by atoms with E-state index in [1.54, 1.807) is 18.9 Å². The van der Waals surface area contributed by atoms with E-state index in [1.165, 1.54) is 0 Å². The molecule has 0 unspecified atom stereocenters. The van der Waals surface area contributed by atoms with Crippen molar-refractivity contribution in [1.29, 1.82) is 0 Å². The average Bonchev–Trinajstić information content (AvgIpc) is 2.35. The number of rotatable bonds is 7. The Bertz CT molecular complexity index is 364. The summed E-state index contributed by atoms with van der Waals surface area (Å²) in [6.07, 6.45) is 1.99. The maximum atomic E-state index is 11.6. The molecule has 0 fully saturated rings. The second kappa shape index (κ2) is 10.2. The molecular formula is C12H19ClN2O2S. The summed E-state index contributed by atoms with van der Waals surface area (Å²) in [7, 11) is 1.64. The largest absolute Gasteiger partial charge is 0.383 e. The molecule has 1 aromatic rings. The maximum Gasteiger partial charge on any atom is 0.238 e. The van der Waals surface area contributed by atoms with Gasteiger partial charge in [-0.25, -0.2) is 0 Å². The van der Waals surface area contributed by atoms with Crippen LogP contribution in [0.5, 0.6) is 0 Å². The third kappa shape index (κ3) is 6.26. The van der Waals surface area contributed by atoms with Gasteiger partial charge >= 0.3 is 0 Å². The van der Waals surface area contributed by atoms with Crippen molar-refractivity contribution in [2.24, 2.45) is 0 Å². The van der Waals surface area contributed by atoms with Gasteiger partial charge in [0.2, 0.25) is 5.91 Å². The first-order valence-corrected chi connectivity index (χ1v) is 6.63. The zero-order valence-electron chi connectivity index (χ0n) is 10.6. The molecule has 0 atom stereocenters. The Morgan fingerprint density at radius 2 is 2.11 bits per heavy atom. The van der Waals surface area contributed by atoms with Gasteiger partial charge in [-0.3, -0.25) is 4.79 Å². The first kappa shape index (κ1) is 17.2. The summed E-state index contributed by atoms with van der Waals surface area (Å²) < 4.78 is 4.88. The van der Waals surface area contributed by atoms with Crippen LogP contribution in [0.3, 0.4) is 0 Å². The molecule has 18 heavy (non-hydrogen) atoms. The van der Waals surface area contributed by atoms with Gasteiger partial charge in [-0.1, -0.05) is 12.1 Å². The molecule has 0 aromatic heterocycles. The molecule has 6 heteroatoms. The summed E-state index contributed by atoms with van der Waals surface area (Å²) in [5.41, 5.74) is 0.860. The lowest BCUT2D eigenvalue weighted by atomic mass is 10.3. The highest BCUT2D eigenvalue weighted by atomic mass is 35.5. The molecule has 1 aromatic carbocycles. The molecule has 0 aliphatic carbocycles. The van der Waals surface area contributed by atoms with E-state index in [0.29, 0.717) is 19.7 Å². The molecule has 0 aliphatic heterocycles. The van der Waals surface area contributed by atoms with Crippen LogP contribution in [0.4, 0.5) is 5.69 Å². The van der Waals surface area contributed by atoms with Crippen LogP contribution in [0.1, 0.15) is 0 Å². The zero-order valence-corrected chi connectivity index (χ0v) is 12.2. The average molecular weight is 291 g/mol. The Labute approximate surface area is 118 Å². The molecular weight excluding hydrogens is 272 g/mol. The van der Waals surface area contributed by atoms with Crippen LogP contribution in [-0.4, -0.2) is 39.0 Å². The van der Waals surface area contributed by atoms with Gasteiger partial charge in [-0.2, -0.15) is 0 Å². The molecule has 0 saturated heterocycles. The van der Waals surface area contributed by atoms with Crippen molar-refractivity contribution < 1.29 is 9.53 Å². The summed E-state index contributed by atoms with van der Waals surface area (Å²) in [5.74, 6) is -0.0393. The van der Waals surface area contributed by atoms with Gasteiger partial charge in [0.05, 0.1) is 18.8 Å². The summed E-state index contributed by atoms with van der Waals surface area (Å²) in [6.45, 7) is 1.58. The highest BCUT2D eigenvalue weighted by Gasteiger charge is 2.04. The molecule has 1 amide bonds. The third-order valence-electron chi connectivity index (χ3n) is 2.15. The van der Waals surface area contributed by atoms with E-state index in [0.717, 1.165) is 10.6 Å². The number of nitrogens with one attached hydrogen (secondary N) is 2. The molecule has 0 spiro atoms. The fraction of sp³-hybridized carbons (Fsp3) is 0.417. The van der Waals surface area contributed by atoms with Gasteiger partial charge in [0, 0.05) is 18.6 Å². The predicted octanol–water partition coefficient (Wildman–Crippen LogP) is 2.00. The lowest BCUT2D eigenvalue weighted by molar-refractivity contribution is -0.115. The van der Waals surface area contributed by atoms with Crippen molar-refractivity contribution in [3.05, 3.63) is 24.3 Å². The van der Waals surface area contributed by atoms with Gasteiger partial charge < -0.3 is 15.4 Å². The number of carbonyl (C=O) groups is 1. The Kier molecular flexibility index (Phi) is 9.77. The fourth-order valence-corrected chi connectivity index (χ4v) is 1.87. The SMILES string of the molecule is COCCNCC(=O)Nc1ccccc1SC.Cl. The highest BCUT2D eigenvalue weighted by Crippen LogP contribution is 2.24. The van der Waals surface area contributed by atoms with Crippen LogP contribution < -0.4 is 10.6 Å². The molecule has 4 nitrogen and oxygen atoms in total. The normalized spacial score (nSPS) is 9.67. The van der Waals surface area contributed by atoms with Crippen molar-refractivity contribution >= 4 is 35.8 Å². The monoisotopic (exact) mass is 290 g/mol. The minimum Gasteiger partial charge on any atom is -0.383 e. The molecule has 0 heterocycles. The Hall–Kier alpha value is -0.750. The van der Waals surface area contributed by atoms with Crippen LogP contribution in [0.15, 0.2) is 29.2 Å². The Balaban J connectivity index is 0.00000289. The quantitative estimate of drug-likeness (QED) is 0.596. The first-order valence-electron chi connectivity index (χ1n) is 5.40. The number of carbonyl (C=O) groups excluding carboxylic acids is 1. The Morgan fingerprint density at radius 1 is 1.39 bits per heavy atom. The molecule has 0 saturated carbocycles. The van der Waals surface area contributed by atoms with Crippen LogP contribution >= 0.6 is 24.2 Å². The first-order chi connectivity index (χ1) is 8.27. The highest BCUT2D eigenvalue weighted by molar-refractivity contribution is 7.98. The van der Waals surface area contributed by atoms with E-state index in [1.807, 2.05) is 30.5 Å². The number of anilines is 1. The number of thioether (sulfide) groups is 1. The van der Waals surface area contributed by atoms with Gasteiger partial charge in [-0.05, 0) is 18.4 Å². The lowest BCUT2D eigenvalue weighted by Crippen LogP contribution is -2.30. The van der Waals surface area contributed by atoms with Gasteiger partial charge in [0.15, 0.2) is 0 Å².